The summed E-state index contributed by atoms with van der Waals surface area (Å²) < 4.78 is 0. The Balaban J connectivity index is 2.01. The van der Waals surface area contributed by atoms with Gasteiger partial charge in [0.15, 0.2) is 0 Å². The molecular formula is C14H29N3O. The summed E-state index contributed by atoms with van der Waals surface area (Å²) in [7, 11) is 0. The fourth-order valence-electron chi connectivity index (χ4n) is 2.60. The van der Waals surface area contributed by atoms with Crippen LogP contribution in [-0.4, -0.2) is 24.1 Å². The van der Waals surface area contributed by atoms with E-state index in [1.165, 1.54) is 38.5 Å². The topological polar surface area (TPSA) is 70.6 Å². The van der Waals surface area contributed by atoms with Crippen LogP contribution in [0.15, 0.2) is 5.16 Å². The van der Waals surface area contributed by atoms with Gasteiger partial charge in [0.2, 0.25) is 0 Å². The summed E-state index contributed by atoms with van der Waals surface area (Å²) in [4.78, 5) is 0. The van der Waals surface area contributed by atoms with Gasteiger partial charge in [-0.3, -0.25) is 0 Å². The number of amidine groups is 1. The highest BCUT2D eigenvalue weighted by Gasteiger charge is 2.22. The van der Waals surface area contributed by atoms with Gasteiger partial charge in [-0.2, -0.15) is 0 Å². The molecule has 0 bridgehead atoms. The molecule has 1 saturated carbocycles. The summed E-state index contributed by atoms with van der Waals surface area (Å²) in [6, 6.07) is 0. The van der Waals surface area contributed by atoms with Gasteiger partial charge in [-0.05, 0) is 38.3 Å². The Morgan fingerprint density at radius 1 is 1.33 bits per heavy atom. The van der Waals surface area contributed by atoms with E-state index in [1.54, 1.807) is 0 Å². The van der Waals surface area contributed by atoms with Crippen molar-refractivity contribution in [3.05, 3.63) is 0 Å². The molecule has 1 aliphatic carbocycles. The minimum Gasteiger partial charge on any atom is -0.409 e. The summed E-state index contributed by atoms with van der Waals surface area (Å²) in [5.74, 6) is 1.30. The predicted molar refractivity (Wildman–Crippen MR) is 75.9 cm³/mol. The van der Waals surface area contributed by atoms with Crippen molar-refractivity contribution in [2.45, 2.75) is 58.8 Å². The Morgan fingerprint density at radius 2 is 2.00 bits per heavy atom. The second-order valence-electron chi connectivity index (χ2n) is 6.16. The second-order valence-corrected chi connectivity index (χ2v) is 6.16. The van der Waals surface area contributed by atoms with Crippen LogP contribution in [-0.2, 0) is 0 Å². The molecule has 0 unspecified atom stereocenters. The van der Waals surface area contributed by atoms with Gasteiger partial charge in [0.05, 0.1) is 0 Å². The highest BCUT2D eigenvalue weighted by atomic mass is 16.4. The van der Waals surface area contributed by atoms with Gasteiger partial charge in [-0.25, -0.2) is 0 Å². The van der Waals surface area contributed by atoms with Crippen LogP contribution in [0.2, 0.25) is 0 Å². The number of nitrogens with two attached hydrogens (primary N) is 1. The highest BCUT2D eigenvalue weighted by Crippen LogP contribution is 2.28. The molecule has 0 aromatic carbocycles. The zero-order valence-corrected chi connectivity index (χ0v) is 11.9. The molecule has 1 aliphatic rings. The van der Waals surface area contributed by atoms with E-state index in [4.69, 9.17) is 10.9 Å². The molecule has 18 heavy (non-hydrogen) atoms. The number of nitrogens with one attached hydrogen (secondary N) is 1. The van der Waals surface area contributed by atoms with Gasteiger partial charge >= 0.3 is 0 Å². The Kier molecular flexibility index (Phi) is 6.47. The SMILES string of the molecule is CC(C)(CCNCCCC1CCCC1)C(N)=NO. The summed E-state index contributed by atoms with van der Waals surface area (Å²) in [5, 5.41) is 15.2. The lowest BCUT2D eigenvalue weighted by molar-refractivity contribution is 0.305. The van der Waals surface area contributed by atoms with Crippen molar-refractivity contribution >= 4 is 5.84 Å². The number of hydrogen-bond donors (Lipinski definition) is 3. The van der Waals surface area contributed by atoms with Gasteiger partial charge in [0.1, 0.15) is 5.84 Å². The lowest BCUT2D eigenvalue weighted by Gasteiger charge is -2.22. The molecule has 0 radical (unpaired) electrons. The fraction of sp³-hybridized carbons (Fsp3) is 0.929. The molecule has 0 aromatic heterocycles. The first-order chi connectivity index (χ1) is 8.56. The molecule has 4 heteroatoms. The van der Waals surface area contributed by atoms with Crippen LogP contribution in [0, 0.1) is 11.3 Å². The normalized spacial score (nSPS) is 18.4. The number of oxime groups is 1. The van der Waals surface area contributed by atoms with E-state index >= 15 is 0 Å². The molecule has 0 atom stereocenters. The smallest absolute Gasteiger partial charge is 0.144 e. The summed E-state index contributed by atoms with van der Waals surface area (Å²) in [5.41, 5.74) is 5.42. The first kappa shape index (κ1) is 15.3. The van der Waals surface area contributed by atoms with Crippen molar-refractivity contribution in [2.75, 3.05) is 13.1 Å². The van der Waals surface area contributed by atoms with Crippen LogP contribution in [0.3, 0.4) is 0 Å². The van der Waals surface area contributed by atoms with Gasteiger partial charge in [0, 0.05) is 5.41 Å². The average molecular weight is 255 g/mol. The van der Waals surface area contributed by atoms with Crippen molar-refractivity contribution in [3.8, 4) is 0 Å². The van der Waals surface area contributed by atoms with E-state index in [9.17, 15) is 0 Å². The lowest BCUT2D eigenvalue weighted by Crippen LogP contribution is -2.35. The first-order valence-corrected chi connectivity index (χ1v) is 7.25. The second kappa shape index (κ2) is 7.62. The van der Waals surface area contributed by atoms with E-state index in [1.807, 2.05) is 13.8 Å². The third-order valence-electron chi connectivity index (χ3n) is 4.17. The van der Waals surface area contributed by atoms with Crippen LogP contribution in [0.1, 0.15) is 58.8 Å². The van der Waals surface area contributed by atoms with Crippen molar-refractivity contribution in [1.29, 1.82) is 0 Å². The molecule has 0 heterocycles. The summed E-state index contributed by atoms with van der Waals surface area (Å²) in [6.45, 7) is 6.02. The quantitative estimate of drug-likeness (QED) is 0.205. The van der Waals surface area contributed by atoms with Crippen LogP contribution < -0.4 is 11.1 Å². The minimum atomic E-state index is -0.229. The van der Waals surface area contributed by atoms with E-state index in [2.05, 4.69) is 10.5 Å². The largest absolute Gasteiger partial charge is 0.409 e. The molecule has 4 N–H and O–H groups in total. The van der Waals surface area contributed by atoms with E-state index in [0.29, 0.717) is 5.84 Å². The number of rotatable bonds is 8. The molecule has 1 rings (SSSR count). The Labute approximate surface area is 111 Å². The molecule has 0 spiro atoms. The third kappa shape index (κ3) is 5.25. The van der Waals surface area contributed by atoms with Gasteiger partial charge in [-0.15, -0.1) is 0 Å². The molecule has 0 saturated heterocycles. The summed E-state index contributed by atoms with van der Waals surface area (Å²) >= 11 is 0. The molecule has 1 fully saturated rings. The van der Waals surface area contributed by atoms with E-state index in [-0.39, 0.29) is 5.41 Å². The van der Waals surface area contributed by atoms with Crippen molar-refractivity contribution in [3.63, 3.8) is 0 Å². The maximum absolute atomic E-state index is 8.67. The Bertz CT molecular complexity index is 258. The minimum absolute atomic E-state index is 0.229. The molecule has 0 amide bonds. The number of nitrogens with zero attached hydrogens (tertiary/aromatic N) is 1. The fourth-order valence-corrected chi connectivity index (χ4v) is 2.60. The van der Waals surface area contributed by atoms with Gasteiger partial charge in [-0.1, -0.05) is 44.7 Å². The first-order valence-electron chi connectivity index (χ1n) is 7.25. The molecule has 0 aromatic rings. The number of hydrogen-bond acceptors (Lipinski definition) is 3. The Hall–Kier alpha value is -0.770. The molecule has 0 aliphatic heterocycles. The van der Waals surface area contributed by atoms with E-state index in [0.717, 1.165) is 25.4 Å². The van der Waals surface area contributed by atoms with Gasteiger partial charge < -0.3 is 16.3 Å². The van der Waals surface area contributed by atoms with Crippen LogP contribution in [0.25, 0.3) is 0 Å². The zero-order chi connectivity index (χ0) is 13.4. The van der Waals surface area contributed by atoms with Crippen LogP contribution in [0.5, 0.6) is 0 Å². The lowest BCUT2D eigenvalue weighted by atomic mass is 9.88. The maximum Gasteiger partial charge on any atom is 0.144 e. The highest BCUT2D eigenvalue weighted by molar-refractivity contribution is 5.85. The maximum atomic E-state index is 8.67. The molecular weight excluding hydrogens is 226 g/mol. The molecule has 4 nitrogen and oxygen atoms in total. The Morgan fingerprint density at radius 3 is 2.61 bits per heavy atom. The zero-order valence-electron chi connectivity index (χ0n) is 11.9. The predicted octanol–water partition coefficient (Wildman–Crippen LogP) is 2.71. The van der Waals surface area contributed by atoms with E-state index < -0.39 is 0 Å². The summed E-state index contributed by atoms with van der Waals surface area (Å²) in [6.07, 6.45) is 9.29. The monoisotopic (exact) mass is 255 g/mol. The van der Waals surface area contributed by atoms with Crippen molar-refractivity contribution in [1.82, 2.24) is 5.32 Å². The van der Waals surface area contributed by atoms with Gasteiger partial charge in [0.25, 0.3) is 0 Å². The van der Waals surface area contributed by atoms with Crippen LogP contribution in [0.4, 0.5) is 0 Å². The third-order valence-corrected chi connectivity index (χ3v) is 4.17. The standard InChI is InChI=1S/C14H29N3O/c1-14(2,13(15)17-18)9-11-16-10-5-8-12-6-3-4-7-12/h12,16,18H,3-11H2,1-2H3,(H2,15,17). The van der Waals surface area contributed by atoms with Crippen molar-refractivity contribution in [2.24, 2.45) is 22.2 Å². The van der Waals surface area contributed by atoms with Crippen molar-refractivity contribution < 1.29 is 5.21 Å². The average Bonchev–Trinajstić information content (AvgIpc) is 2.85. The van der Waals surface area contributed by atoms with Crippen LogP contribution >= 0.6 is 0 Å². The molecule has 106 valence electrons.